The predicted octanol–water partition coefficient (Wildman–Crippen LogP) is 4.90. The van der Waals surface area contributed by atoms with Gasteiger partial charge in [0.1, 0.15) is 22.3 Å². The average molecular weight is 410 g/mol. The van der Waals surface area contributed by atoms with Crippen molar-refractivity contribution in [1.29, 1.82) is 0 Å². The summed E-state index contributed by atoms with van der Waals surface area (Å²) in [6.07, 6.45) is 8.36. The summed E-state index contributed by atoms with van der Waals surface area (Å²) in [7, 11) is 0. The lowest BCUT2D eigenvalue weighted by molar-refractivity contribution is 0.0350. The van der Waals surface area contributed by atoms with Crippen LogP contribution in [-0.2, 0) is 4.74 Å². The van der Waals surface area contributed by atoms with E-state index in [1.165, 1.54) is 29.3 Å². The lowest BCUT2D eigenvalue weighted by Gasteiger charge is -2.25. The molecule has 0 bridgehead atoms. The molecule has 28 heavy (non-hydrogen) atoms. The third-order valence-corrected chi connectivity index (χ3v) is 3.82. The Hall–Kier alpha value is -2.54. The van der Waals surface area contributed by atoms with Gasteiger partial charge in [-0.3, -0.25) is 14.9 Å². The third kappa shape index (κ3) is 6.27. The number of pyridine rings is 1. The SMILES string of the molecule is CC(C)(C)OC(=O)N1C=CC=CC1.Fc1cccnc1C1=CCN=C(Cl)C1F. The van der Waals surface area contributed by atoms with Crippen molar-refractivity contribution in [2.75, 3.05) is 13.1 Å². The van der Waals surface area contributed by atoms with Crippen LogP contribution in [0.1, 0.15) is 26.5 Å². The predicted molar refractivity (Wildman–Crippen MR) is 106 cm³/mol. The number of hydrogen-bond donors (Lipinski definition) is 0. The third-order valence-electron chi connectivity index (χ3n) is 3.51. The number of carbonyl (C=O) groups is 1. The Balaban J connectivity index is 0.000000203. The molecule has 150 valence electrons. The highest BCUT2D eigenvalue weighted by atomic mass is 35.5. The second-order valence-electron chi connectivity index (χ2n) is 6.92. The van der Waals surface area contributed by atoms with Gasteiger partial charge in [-0.15, -0.1) is 0 Å². The highest BCUT2D eigenvalue weighted by molar-refractivity contribution is 6.67. The van der Waals surface area contributed by atoms with E-state index in [0.717, 1.165) is 0 Å². The van der Waals surface area contributed by atoms with Crippen LogP contribution >= 0.6 is 11.6 Å². The molecule has 0 fully saturated rings. The second-order valence-corrected chi connectivity index (χ2v) is 7.31. The molecule has 0 aromatic carbocycles. The quantitative estimate of drug-likeness (QED) is 0.662. The van der Waals surface area contributed by atoms with Crippen molar-refractivity contribution in [3.8, 4) is 0 Å². The van der Waals surface area contributed by atoms with E-state index in [-0.39, 0.29) is 29.1 Å². The van der Waals surface area contributed by atoms with Crippen LogP contribution in [0.5, 0.6) is 0 Å². The summed E-state index contributed by atoms with van der Waals surface area (Å²) in [6.45, 7) is 6.41. The molecule has 3 heterocycles. The first-order valence-electron chi connectivity index (χ1n) is 8.67. The summed E-state index contributed by atoms with van der Waals surface area (Å²) in [6, 6.07) is 2.68. The molecule has 1 aromatic rings. The number of hydrogen-bond acceptors (Lipinski definition) is 4. The first-order valence-corrected chi connectivity index (χ1v) is 9.04. The van der Waals surface area contributed by atoms with Gasteiger partial charge in [-0.25, -0.2) is 13.6 Å². The van der Waals surface area contributed by atoms with Crippen LogP contribution in [0, 0.1) is 5.82 Å². The molecule has 1 aromatic heterocycles. The fraction of sp³-hybridized carbons (Fsp3) is 0.350. The van der Waals surface area contributed by atoms with Crippen molar-refractivity contribution in [2.24, 2.45) is 4.99 Å². The molecule has 2 aliphatic rings. The molecule has 0 radical (unpaired) electrons. The number of carbonyl (C=O) groups excluding carboxylic acids is 1. The fourth-order valence-electron chi connectivity index (χ4n) is 2.28. The van der Waals surface area contributed by atoms with Gasteiger partial charge < -0.3 is 4.74 Å². The molecule has 0 saturated carbocycles. The number of nitrogens with zero attached hydrogens (tertiary/aromatic N) is 3. The zero-order valence-electron chi connectivity index (χ0n) is 15.9. The Morgan fingerprint density at radius 2 is 2.11 bits per heavy atom. The minimum absolute atomic E-state index is 0.00181. The van der Waals surface area contributed by atoms with Crippen LogP contribution in [0.15, 0.2) is 53.8 Å². The van der Waals surface area contributed by atoms with E-state index in [1.807, 2.05) is 39.0 Å². The van der Waals surface area contributed by atoms with Gasteiger partial charge in [0.2, 0.25) is 0 Å². The van der Waals surface area contributed by atoms with E-state index in [4.69, 9.17) is 16.3 Å². The van der Waals surface area contributed by atoms with Crippen LogP contribution in [-0.4, -0.2) is 46.0 Å². The summed E-state index contributed by atoms with van der Waals surface area (Å²) in [4.78, 5) is 20.5. The summed E-state index contributed by atoms with van der Waals surface area (Å²) < 4.78 is 32.1. The molecule has 8 heteroatoms. The summed E-state index contributed by atoms with van der Waals surface area (Å²) in [5, 5.41) is -0.155. The smallest absolute Gasteiger partial charge is 0.414 e. The topological polar surface area (TPSA) is 54.8 Å². The maximum atomic E-state index is 13.6. The Morgan fingerprint density at radius 3 is 2.71 bits per heavy atom. The highest BCUT2D eigenvalue weighted by Crippen LogP contribution is 2.26. The van der Waals surface area contributed by atoms with Gasteiger partial charge in [0.05, 0.1) is 6.54 Å². The number of allylic oxidation sites excluding steroid dienone is 3. The number of aliphatic imine (C=N–C) groups is 1. The monoisotopic (exact) mass is 409 g/mol. The van der Waals surface area contributed by atoms with E-state index < -0.39 is 17.6 Å². The first-order chi connectivity index (χ1) is 13.2. The van der Waals surface area contributed by atoms with Crippen molar-refractivity contribution >= 4 is 28.4 Å². The van der Waals surface area contributed by atoms with Crippen LogP contribution in [0.4, 0.5) is 13.6 Å². The number of alkyl halides is 1. The van der Waals surface area contributed by atoms with E-state index >= 15 is 0 Å². The van der Waals surface area contributed by atoms with Gasteiger partial charge in [-0.2, -0.15) is 0 Å². The van der Waals surface area contributed by atoms with E-state index in [0.29, 0.717) is 6.54 Å². The summed E-state index contributed by atoms with van der Waals surface area (Å²) in [5.41, 5.74) is -0.280. The summed E-state index contributed by atoms with van der Waals surface area (Å²) >= 11 is 5.55. The van der Waals surface area contributed by atoms with Crippen LogP contribution in [0.25, 0.3) is 5.57 Å². The molecule has 3 rings (SSSR count). The Labute approximate surface area is 168 Å². The van der Waals surface area contributed by atoms with E-state index in [2.05, 4.69) is 9.98 Å². The van der Waals surface area contributed by atoms with Crippen LogP contribution in [0.3, 0.4) is 0 Å². The molecule has 1 atom stereocenters. The lowest BCUT2D eigenvalue weighted by atomic mass is 10.0. The number of ether oxygens (including phenoxy) is 1. The minimum Gasteiger partial charge on any atom is -0.443 e. The van der Waals surface area contributed by atoms with Crippen molar-refractivity contribution in [1.82, 2.24) is 9.88 Å². The zero-order chi connectivity index (χ0) is 20.7. The molecular formula is C20H22ClF2N3O2. The highest BCUT2D eigenvalue weighted by Gasteiger charge is 2.25. The molecule has 0 N–H and O–H groups in total. The van der Waals surface area contributed by atoms with Crippen molar-refractivity contribution in [3.05, 3.63) is 60.3 Å². The van der Waals surface area contributed by atoms with Gasteiger partial charge in [0.15, 0.2) is 6.17 Å². The summed E-state index contributed by atoms with van der Waals surface area (Å²) in [5.74, 6) is -0.558. The van der Waals surface area contributed by atoms with Crippen LogP contribution in [0.2, 0.25) is 0 Å². The Morgan fingerprint density at radius 1 is 1.36 bits per heavy atom. The number of dihydropyridines is 1. The molecule has 0 saturated heterocycles. The standard InChI is InChI=1S/C10H7ClF2N2.C10H15NO2/c11-10-8(13)6(3-5-15-10)9-7(12)2-1-4-14-9;1-10(2,3)13-9(12)11-7-5-4-6-8-11/h1-4,8H,5H2;4-7H,8H2,1-3H3. The maximum absolute atomic E-state index is 13.6. The molecule has 1 unspecified atom stereocenters. The minimum atomic E-state index is -1.58. The van der Waals surface area contributed by atoms with Gasteiger partial charge >= 0.3 is 6.09 Å². The number of rotatable bonds is 1. The maximum Gasteiger partial charge on any atom is 0.414 e. The molecule has 2 aliphatic heterocycles. The molecule has 0 spiro atoms. The van der Waals surface area contributed by atoms with Crippen molar-refractivity contribution < 1.29 is 18.3 Å². The van der Waals surface area contributed by atoms with Gasteiger partial charge in [-0.05, 0) is 39.0 Å². The average Bonchev–Trinajstić information content (AvgIpc) is 2.65. The van der Waals surface area contributed by atoms with E-state index in [9.17, 15) is 13.6 Å². The molecular weight excluding hydrogens is 388 g/mol. The van der Waals surface area contributed by atoms with E-state index in [1.54, 1.807) is 6.20 Å². The van der Waals surface area contributed by atoms with Gasteiger partial charge in [0.25, 0.3) is 0 Å². The zero-order valence-corrected chi connectivity index (χ0v) is 16.7. The number of aromatic nitrogens is 1. The van der Waals surface area contributed by atoms with Crippen molar-refractivity contribution in [2.45, 2.75) is 32.5 Å². The fourth-order valence-corrected chi connectivity index (χ4v) is 2.47. The lowest BCUT2D eigenvalue weighted by Crippen LogP contribution is -2.34. The van der Waals surface area contributed by atoms with Gasteiger partial charge in [-0.1, -0.05) is 29.8 Å². The number of amides is 1. The van der Waals surface area contributed by atoms with Crippen molar-refractivity contribution in [3.63, 3.8) is 0 Å². The van der Waals surface area contributed by atoms with Crippen LogP contribution < -0.4 is 0 Å². The normalized spacial score (nSPS) is 18.6. The number of halogens is 3. The Kier molecular flexibility index (Phi) is 7.45. The molecule has 5 nitrogen and oxygen atoms in total. The second kappa shape index (κ2) is 9.59. The Bertz CT molecular complexity index is 829. The largest absolute Gasteiger partial charge is 0.443 e. The first kappa shape index (κ1) is 21.8. The van der Waals surface area contributed by atoms with Gasteiger partial charge in [0, 0.05) is 24.5 Å². The molecule has 0 aliphatic carbocycles. The molecule has 1 amide bonds.